The quantitative estimate of drug-likeness (QED) is 0.843. The molecule has 0 bridgehead atoms. The Hall–Kier alpha value is -1.09. The fourth-order valence-corrected chi connectivity index (χ4v) is 2.80. The first-order valence-electron chi connectivity index (χ1n) is 6.38. The number of aryl methyl sites for hydroxylation is 1. The fraction of sp³-hybridized carbons (Fsp3) is 0.250. The molecule has 1 unspecified atom stereocenters. The molecule has 0 fully saturated rings. The van der Waals surface area contributed by atoms with Crippen LogP contribution >= 0.6 is 23.2 Å². The first kappa shape index (κ1) is 15.3. The van der Waals surface area contributed by atoms with E-state index in [-0.39, 0.29) is 11.9 Å². The van der Waals surface area contributed by atoms with Gasteiger partial charge in [-0.3, -0.25) is 0 Å². The van der Waals surface area contributed by atoms with Crippen molar-refractivity contribution in [3.05, 3.63) is 69.0 Å². The van der Waals surface area contributed by atoms with Gasteiger partial charge in [0.05, 0.1) is 0 Å². The molecule has 2 aromatic carbocycles. The van der Waals surface area contributed by atoms with Gasteiger partial charge in [0.15, 0.2) is 0 Å². The summed E-state index contributed by atoms with van der Waals surface area (Å²) in [5.74, 6) is -0.211. The van der Waals surface area contributed by atoms with Crippen molar-refractivity contribution in [3.63, 3.8) is 0 Å². The van der Waals surface area contributed by atoms with Crippen molar-refractivity contribution in [2.24, 2.45) is 0 Å². The average molecular weight is 312 g/mol. The van der Waals surface area contributed by atoms with Gasteiger partial charge in [-0.25, -0.2) is 4.39 Å². The van der Waals surface area contributed by atoms with Gasteiger partial charge in [0.2, 0.25) is 0 Å². The zero-order valence-electron chi connectivity index (χ0n) is 11.4. The molecular weight excluding hydrogens is 296 g/mol. The van der Waals surface area contributed by atoms with Crippen LogP contribution in [0.5, 0.6) is 0 Å². The Morgan fingerprint density at radius 1 is 1.15 bits per heavy atom. The molecule has 4 heteroatoms. The second-order valence-electron chi connectivity index (χ2n) is 4.78. The third-order valence-electron chi connectivity index (χ3n) is 3.42. The monoisotopic (exact) mass is 311 g/mol. The zero-order valence-corrected chi connectivity index (χ0v) is 12.9. The van der Waals surface area contributed by atoms with Crippen LogP contribution in [0.15, 0.2) is 36.4 Å². The summed E-state index contributed by atoms with van der Waals surface area (Å²) in [6.07, 6.45) is 0.740. The van der Waals surface area contributed by atoms with Gasteiger partial charge >= 0.3 is 0 Å². The second-order valence-corrected chi connectivity index (χ2v) is 5.63. The summed E-state index contributed by atoms with van der Waals surface area (Å²) in [5.41, 5.74) is 3.02. The van der Waals surface area contributed by atoms with E-state index < -0.39 is 0 Å². The van der Waals surface area contributed by atoms with Crippen LogP contribution in [0.25, 0.3) is 0 Å². The van der Waals surface area contributed by atoms with Gasteiger partial charge in [0.25, 0.3) is 0 Å². The summed E-state index contributed by atoms with van der Waals surface area (Å²) in [4.78, 5) is 0. The largest absolute Gasteiger partial charge is 0.313 e. The Balaban J connectivity index is 2.28. The van der Waals surface area contributed by atoms with E-state index in [0.29, 0.717) is 10.0 Å². The van der Waals surface area contributed by atoms with E-state index in [4.69, 9.17) is 23.2 Å². The predicted octanol–water partition coefficient (Wildman–Crippen LogP) is 4.94. The van der Waals surface area contributed by atoms with E-state index in [9.17, 15) is 4.39 Å². The molecule has 0 spiro atoms. The molecule has 2 rings (SSSR count). The molecule has 2 aromatic rings. The van der Waals surface area contributed by atoms with Gasteiger partial charge in [-0.2, -0.15) is 0 Å². The van der Waals surface area contributed by atoms with E-state index in [2.05, 4.69) is 5.32 Å². The molecule has 1 N–H and O–H groups in total. The highest BCUT2D eigenvalue weighted by Crippen LogP contribution is 2.29. The lowest BCUT2D eigenvalue weighted by Crippen LogP contribution is -2.19. The van der Waals surface area contributed by atoms with Crippen LogP contribution in [0.3, 0.4) is 0 Å². The highest BCUT2D eigenvalue weighted by molar-refractivity contribution is 6.35. The summed E-state index contributed by atoms with van der Waals surface area (Å²) in [6, 6.07) is 10.4. The number of nitrogens with one attached hydrogen (secondary N) is 1. The van der Waals surface area contributed by atoms with Crippen LogP contribution in [-0.2, 0) is 6.42 Å². The number of hydrogen-bond donors (Lipinski definition) is 1. The Kier molecular flexibility index (Phi) is 5.03. The molecule has 0 aliphatic carbocycles. The third kappa shape index (κ3) is 3.51. The molecule has 1 nitrogen and oxygen atoms in total. The van der Waals surface area contributed by atoms with Crippen LogP contribution in [0.1, 0.15) is 22.7 Å². The second kappa shape index (κ2) is 6.57. The Labute approximate surface area is 128 Å². The number of rotatable bonds is 4. The van der Waals surface area contributed by atoms with E-state index in [1.165, 1.54) is 6.07 Å². The SMILES string of the molecule is CNC(Cc1ccc(F)cc1C)c1ccc(Cl)cc1Cl. The van der Waals surface area contributed by atoms with E-state index >= 15 is 0 Å². The number of hydrogen-bond acceptors (Lipinski definition) is 1. The molecule has 0 saturated heterocycles. The van der Waals surface area contributed by atoms with Crippen molar-refractivity contribution >= 4 is 23.2 Å². The molecule has 0 aliphatic rings. The standard InChI is InChI=1S/C16H16Cl2FN/c1-10-7-13(19)5-3-11(10)8-16(20-2)14-6-4-12(17)9-15(14)18/h3-7,9,16,20H,8H2,1-2H3. The van der Waals surface area contributed by atoms with Gasteiger partial charge in [-0.1, -0.05) is 35.3 Å². The Morgan fingerprint density at radius 3 is 2.50 bits per heavy atom. The van der Waals surface area contributed by atoms with Gasteiger partial charge < -0.3 is 5.32 Å². The minimum Gasteiger partial charge on any atom is -0.313 e. The maximum absolute atomic E-state index is 13.1. The molecule has 0 saturated carbocycles. The molecule has 0 heterocycles. The minimum absolute atomic E-state index is 0.0592. The van der Waals surface area contributed by atoms with Gasteiger partial charge in [0.1, 0.15) is 5.82 Å². The number of likely N-dealkylation sites (N-methyl/N-ethyl adjacent to an activating group) is 1. The molecular formula is C16H16Cl2FN. The van der Waals surface area contributed by atoms with Crippen LogP contribution in [-0.4, -0.2) is 7.05 Å². The maximum Gasteiger partial charge on any atom is 0.123 e. The summed E-state index contributed by atoms with van der Waals surface area (Å²) in [7, 11) is 1.88. The molecule has 0 aliphatic heterocycles. The van der Waals surface area contributed by atoms with Crippen molar-refractivity contribution in [2.45, 2.75) is 19.4 Å². The van der Waals surface area contributed by atoms with Crippen molar-refractivity contribution in [3.8, 4) is 0 Å². The first-order valence-corrected chi connectivity index (χ1v) is 7.14. The highest BCUT2D eigenvalue weighted by Gasteiger charge is 2.15. The summed E-state index contributed by atoms with van der Waals surface area (Å²) in [6.45, 7) is 1.91. The smallest absolute Gasteiger partial charge is 0.123 e. The molecule has 1 atom stereocenters. The van der Waals surface area contributed by atoms with Gasteiger partial charge in [0, 0.05) is 16.1 Å². The molecule has 0 aromatic heterocycles. The van der Waals surface area contributed by atoms with Crippen molar-refractivity contribution in [1.29, 1.82) is 0 Å². The summed E-state index contributed by atoms with van der Waals surface area (Å²) in [5, 5.41) is 4.50. The lowest BCUT2D eigenvalue weighted by molar-refractivity contribution is 0.587. The van der Waals surface area contributed by atoms with Crippen LogP contribution in [0.2, 0.25) is 10.0 Å². The van der Waals surface area contributed by atoms with Crippen LogP contribution in [0.4, 0.5) is 4.39 Å². The van der Waals surface area contributed by atoms with Gasteiger partial charge in [-0.15, -0.1) is 0 Å². The average Bonchev–Trinajstić information content (AvgIpc) is 2.39. The number of benzene rings is 2. The topological polar surface area (TPSA) is 12.0 Å². The Morgan fingerprint density at radius 2 is 1.90 bits per heavy atom. The van der Waals surface area contributed by atoms with E-state index in [1.807, 2.05) is 32.2 Å². The predicted molar refractivity (Wildman–Crippen MR) is 83.1 cm³/mol. The first-order chi connectivity index (χ1) is 9.51. The minimum atomic E-state index is -0.211. The van der Waals surface area contributed by atoms with E-state index in [1.54, 1.807) is 12.1 Å². The summed E-state index contributed by atoms with van der Waals surface area (Å²) >= 11 is 12.2. The Bertz CT molecular complexity index is 613. The van der Waals surface area contributed by atoms with Crippen LogP contribution < -0.4 is 5.32 Å². The van der Waals surface area contributed by atoms with Crippen molar-refractivity contribution < 1.29 is 4.39 Å². The molecule has 106 valence electrons. The third-order valence-corrected chi connectivity index (χ3v) is 3.98. The lowest BCUT2D eigenvalue weighted by Gasteiger charge is -2.19. The summed E-state index contributed by atoms with van der Waals surface area (Å²) < 4.78 is 13.1. The lowest BCUT2D eigenvalue weighted by atomic mass is 9.96. The van der Waals surface area contributed by atoms with Crippen LogP contribution in [0, 0.1) is 12.7 Å². The van der Waals surface area contributed by atoms with E-state index in [0.717, 1.165) is 23.1 Å². The zero-order chi connectivity index (χ0) is 14.7. The molecule has 0 radical (unpaired) electrons. The number of halogens is 3. The van der Waals surface area contributed by atoms with Crippen molar-refractivity contribution in [2.75, 3.05) is 7.05 Å². The van der Waals surface area contributed by atoms with Gasteiger partial charge in [-0.05, 0) is 61.3 Å². The molecule has 0 amide bonds. The fourth-order valence-electron chi connectivity index (χ4n) is 2.26. The maximum atomic E-state index is 13.1. The van der Waals surface area contributed by atoms with Crippen molar-refractivity contribution in [1.82, 2.24) is 5.32 Å². The highest BCUT2D eigenvalue weighted by atomic mass is 35.5. The normalized spacial score (nSPS) is 12.4. The molecule has 20 heavy (non-hydrogen) atoms.